The van der Waals surface area contributed by atoms with Crippen molar-refractivity contribution in [1.29, 1.82) is 0 Å². The summed E-state index contributed by atoms with van der Waals surface area (Å²) in [5.74, 6) is -0.980. The molecule has 0 amide bonds. The first-order chi connectivity index (χ1) is 9.91. The van der Waals surface area contributed by atoms with Gasteiger partial charge in [0.15, 0.2) is 0 Å². The highest BCUT2D eigenvalue weighted by Gasteiger charge is 2.31. The van der Waals surface area contributed by atoms with Crippen LogP contribution in [-0.2, 0) is 11.3 Å². The average Bonchev–Trinajstić information content (AvgIpc) is 2.44. The summed E-state index contributed by atoms with van der Waals surface area (Å²) in [7, 11) is 0. The van der Waals surface area contributed by atoms with E-state index in [-0.39, 0.29) is 11.3 Å². The molecule has 1 aromatic rings. The summed E-state index contributed by atoms with van der Waals surface area (Å²) in [5, 5.41) is 9.03. The van der Waals surface area contributed by atoms with Crippen LogP contribution in [0.3, 0.4) is 0 Å². The van der Waals surface area contributed by atoms with Crippen LogP contribution in [0, 0.1) is 0 Å². The molecule has 0 aliphatic carbocycles. The van der Waals surface area contributed by atoms with Gasteiger partial charge in [-0.2, -0.15) is 0 Å². The first-order valence-corrected chi connectivity index (χ1v) is 7.48. The van der Waals surface area contributed by atoms with Crippen molar-refractivity contribution in [3.05, 3.63) is 29.6 Å². The molecule has 1 atom stereocenters. The third kappa shape index (κ3) is 4.25. The molecule has 1 aliphatic heterocycles. The van der Waals surface area contributed by atoms with Crippen molar-refractivity contribution in [3.8, 4) is 0 Å². The Bertz CT molecular complexity index is 502. The Hall–Kier alpha value is -1.46. The lowest BCUT2D eigenvalue weighted by atomic mass is 9.92. The summed E-state index contributed by atoms with van der Waals surface area (Å²) in [6.45, 7) is 8.74. The van der Waals surface area contributed by atoms with Gasteiger partial charge in [-0.05, 0) is 45.4 Å². The van der Waals surface area contributed by atoms with E-state index in [2.05, 4.69) is 30.7 Å². The minimum Gasteiger partial charge on any atom is -0.477 e. The molecule has 1 N–H and O–H groups in total. The molecular weight excluding hydrogens is 268 g/mol. The maximum absolute atomic E-state index is 11.0. The largest absolute Gasteiger partial charge is 0.477 e. The van der Waals surface area contributed by atoms with Crippen LogP contribution in [0.5, 0.6) is 0 Å². The van der Waals surface area contributed by atoms with Crippen molar-refractivity contribution < 1.29 is 14.6 Å². The Balaban J connectivity index is 2.08. The summed E-state index contributed by atoms with van der Waals surface area (Å²) in [5.41, 5.74) is 0.823. The molecule has 116 valence electrons. The van der Waals surface area contributed by atoms with E-state index in [1.807, 2.05) is 6.07 Å². The molecule has 0 radical (unpaired) electrons. The van der Waals surface area contributed by atoms with E-state index in [1.165, 1.54) is 6.07 Å². The highest BCUT2D eigenvalue weighted by Crippen LogP contribution is 2.28. The summed E-state index contributed by atoms with van der Waals surface area (Å²) in [6.07, 6.45) is 2.00. The van der Waals surface area contributed by atoms with Gasteiger partial charge in [-0.25, -0.2) is 9.78 Å². The highest BCUT2D eigenvalue weighted by atomic mass is 16.5. The molecule has 5 nitrogen and oxygen atoms in total. The number of carbonyl (C=O) groups is 1. The Kier molecular flexibility index (Phi) is 4.96. The predicted molar refractivity (Wildman–Crippen MR) is 80.3 cm³/mol. The molecular formula is C16H24N2O3. The molecule has 1 aliphatic rings. The lowest BCUT2D eigenvalue weighted by Crippen LogP contribution is -2.45. The average molecular weight is 292 g/mol. The number of carboxylic acid groups (broad SMARTS) is 1. The number of carboxylic acids is 1. The lowest BCUT2D eigenvalue weighted by molar-refractivity contribution is -0.0840. The fourth-order valence-electron chi connectivity index (χ4n) is 2.91. The van der Waals surface area contributed by atoms with Gasteiger partial charge < -0.3 is 9.84 Å². The summed E-state index contributed by atoms with van der Waals surface area (Å²) >= 11 is 0. The molecule has 1 aromatic heterocycles. The molecule has 2 heterocycles. The second-order valence-electron chi connectivity index (χ2n) is 6.14. The second kappa shape index (κ2) is 6.54. The van der Waals surface area contributed by atoms with Crippen LogP contribution in [0.15, 0.2) is 18.2 Å². The quantitative estimate of drug-likeness (QED) is 0.903. The van der Waals surface area contributed by atoms with Crippen molar-refractivity contribution in [1.82, 2.24) is 9.88 Å². The van der Waals surface area contributed by atoms with Crippen LogP contribution in [-0.4, -0.2) is 45.8 Å². The Labute approximate surface area is 125 Å². The Morgan fingerprint density at radius 1 is 1.52 bits per heavy atom. The van der Waals surface area contributed by atoms with Crippen molar-refractivity contribution in [3.63, 3.8) is 0 Å². The number of rotatable bonds is 5. The van der Waals surface area contributed by atoms with Gasteiger partial charge in [0.05, 0.1) is 11.3 Å². The zero-order valence-electron chi connectivity index (χ0n) is 13.0. The Morgan fingerprint density at radius 2 is 2.29 bits per heavy atom. The molecule has 0 aromatic carbocycles. The van der Waals surface area contributed by atoms with Crippen LogP contribution >= 0.6 is 0 Å². The van der Waals surface area contributed by atoms with Crippen LogP contribution in [0.2, 0.25) is 0 Å². The van der Waals surface area contributed by atoms with Gasteiger partial charge in [0.1, 0.15) is 5.69 Å². The van der Waals surface area contributed by atoms with E-state index in [9.17, 15) is 4.79 Å². The maximum atomic E-state index is 11.0. The molecule has 0 saturated carbocycles. The zero-order chi connectivity index (χ0) is 15.5. The second-order valence-corrected chi connectivity index (χ2v) is 6.14. The maximum Gasteiger partial charge on any atom is 0.354 e. The standard InChI is InChI=1S/C16H24N2O3/c1-4-18(13-8-9-21-16(2,3)10-13)11-12-6-5-7-14(17-12)15(19)20/h5-7,13H,4,8-11H2,1-3H3,(H,19,20)/t13-/m0/s1. The van der Waals surface area contributed by atoms with E-state index in [0.29, 0.717) is 12.6 Å². The number of hydrogen-bond donors (Lipinski definition) is 1. The smallest absolute Gasteiger partial charge is 0.354 e. The molecule has 5 heteroatoms. The van der Waals surface area contributed by atoms with Crippen molar-refractivity contribution in [2.75, 3.05) is 13.2 Å². The van der Waals surface area contributed by atoms with Gasteiger partial charge >= 0.3 is 5.97 Å². The number of ether oxygens (including phenoxy) is 1. The molecule has 1 fully saturated rings. The van der Waals surface area contributed by atoms with Crippen molar-refractivity contribution in [2.24, 2.45) is 0 Å². The monoisotopic (exact) mass is 292 g/mol. The van der Waals surface area contributed by atoms with Gasteiger partial charge in [-0.15, -0.1) is 0 Å². The number of hydrogen-bond acceptors (Lipinski definition) is 4. The van der Waals surface area contributed by atoms with Crippen molar-refractivity contribution in [2.45, 2.75) is 51.8 Å². The third-order valence-corrected chi connectivity index (χ3v) is 3.98. The van der Waals surface area contributed by atoms with Crippen LogP contribution in [0.1, 0.15) is 49.8 Å². The fraction of sp³-hybridized carbons (Fsp3) is 0.625. The van der Waals surface area contributed by atoms with Crippen LogP contribution in [0.4, 0.5) is 0 Å². The van der Waals surface area contributed by atoms with Crippen molar-refractivity contribution >= 4 is 5.97 Å². The summed E-state index contributed by atoms with van der Waals surface area (Å²) < 4.78 is 5.77. The van der Waals surface area contributed by atoms with E-state index >= 15 is 0 Å². The lowest BCUT2D eigenvalue weighted by Gasteiger charge is -2.40. The zero-order valence-corrected chi connectivity index (χ0v) is 13.0. The number of pyridine rings is 1. The van der Waals surface area contributed by atoms with Gasteiger partial charge in [0.25, 0.3) is 0 Å². The molecule has 2 rings (SSSR count). The Morgan fingerprint density at radius 3 is 2.90 bits per heavy atom. The summed E-state index contributed by atoms with van der Waals surface area (Å²) in [6, 6.07) is 5.63. The normalized spacial score (nSPS) is 21.4. The minimum absolute atomic E-state index is 0.0906. The highest BCUT2D eigenvalue weighted by molar-refractivity contribution is 5.85. The third-order valence-electron chi connectivity index (χ3n) is 3.98. The molecule has 0 unspecified atom stereocenters. The van der Waals surface area contributed by atoms with Gasteiger partial charge in [-0.1, -0.05) is 13.0 Å². The van der Waals surface area contributed by atoms with Gasteiger partial charge in [0.2, 0.25) is 0 Å². The van der Waals surface area contributed by atoms with Gasteiger partial charge in [0, 0.05) is 19.2 Å². The molecule has 21 heavy (non-hydrogen) atoms. The summed E-state index contributed by atoms with van der Waals surface area (Å²) in [4.78, 5) is 17.6. The number of aromatic nitrogens is 1. The van der Waals surface area contributed by atoms with Crippen LogP contribution in [0.25, 0.3) is 0 Å². The number of aromatic carboxylic acids is 1. The topological polar surface area (TPSA) is 62.7 Å². The first kappa shape index (κ1) is 15.9. The van der Waals surface area contributed by atoms with E-state index in [4.69, 9.17) is 9.84 Å². The molecule has 1 saturated heterocycles. The van der Waals surface area contributed by atoms with Crippen LogP contribution < -0.4 is 0 Å². The first-order valence-electron chi connectivity index (χ1n) is 7.48. The van der Waals surface area contributed by atoms with E-state index in [1.54, 1.807) is 6.07 Å². The SMILES string of the molecule is CCN(Cc1cccc(C(=O)O)n1)[C@H]1CCOC(C)(C)C1. The molecule has 0 spiro atoms. The van der Waals surface area contributed by atoms with E-state index < -0.39 is 5.97 Å². The minimum atomic E-state index is -0.980. The molecule has 0 bridgehead atoms. The van der Waals surface area contributed by atoms with E-state index in [0.717, 1.165) is 31.7 Å². The predicted octanol–water partition coefficient (Wildman–Crippen LogP) is 2.56. The van der Waals surface area contributed by atoms with Gasteiger partial charge in [-0.3, -0.25) is 4.90 Å². The fourth-order valence-corrected chi connectivity index (χ4v) is 2.91. The number of nitrogens with zero attached hydrogens (tertiary/aromatic N) is 2.